The van der Waals surface area contributed by atoms with Gasteiger partial charge < -0.3 is 29.7 Å². The van der Waals surface area contributed by atoms with Gasteiger partial charge in [-0.1, -0.05) is 67.5 Å². The zero-order valence-corrected chi connectivity index (χ0v) is 25.6. The number of carbonyl (C=O) groups excluding carboxylic acids is 4. The monoisotopic (exact) mass is 615 g/mol. The number of benzene rings is 2. The second-order valence-corrected chi connectivity index (χ2v) is 12.4. The number of aliphatic hydroxyl groups is 1. The summed E-state index contributed by atoms with van der Waals surface area (Å²) < 4.78 is 12.5. The summed E-state index contributed by atoms with van der Waals surface area (Å²) in [7, 11) is 0. The minimum absolute atomic E-state index is 0.106. The number of hydrogen-bond acceptors (Lipinski definition) is 7. The van der Waals surface area contributed by atoms with E-state index in [2.05, 4.69) is 5.32 Å². The number of anilines is 1. The van der Waals surface area contributed by atoms with E-state index in [1.807, 2.05) is 54.6 Å². The Labute approximate surface area is 263 Å². The second kappa shape index (κ2) is 13.1. The highest BCUT2D eigenvalue weighted by Gasteiger charge is 2.71. The van der Waals surface area contributed by atoms with Crippen molar-refractivity contribution in [3.63, 3.8) is 0 Å². The molecule has 2 fully saturated rings. The molecule has 0 saturated carbocycles. The van der Waals surface area contributed by atoms with Crippen LogP contribution in [0.2, 0.25) is 0 Å². The van der Waals surface area contributed by atoms with Crippen molar-refractivity contribution in [2.75, 3.05) is 31.1 Å². The van der Waals surface area contributed by atoms with Gasteiger partial charge in [0.1, 0.15) is 23.7 Å². The van der Waals surface area contributed by atoms with Gasteiger partial charge in [-0.25, -0.2) is 0 Å². The molecule has 6 rings (SSSR count). The molecule has 2 N–H and O–H groups in total. The van der Waals surface area contributed by atoms with Crippen molar-refractivity contribution in [3.8, 4) is 0 Å². The highest BCUT2D eigenvalue weighted by Crippen LogP contribution is 2.53. The van der Waals surface area contributed by atoms with Crippen LogP contribution in [-0.2, 0) is 28.7 Å². The Morgan fingerprint density at radius 3 is 2.60 bits per heavy atom. The Kier molecular flexibility index (Phi) is 9.05. The molecule has 0 aliphatic carbocycles. The Morgan fingerprint density at radius 2 is 1.78 bits per heavy atom. The summed E-state index contributed by atoms with van der Waals surface area (Å²) >= 11 is 0. The van der Waals surface area contributed by atoms with Crippen LogP contribution in [0.3, 0.4) is 0 Å². The van der Waals surface area contributed by atoms with Crippen molar-refractivity contribution in [1.29, 1.82) is 0 Å². The fourth-order valence-electron chi connectivity index (χ4n) is 7.23. The predicted molar refractivity (Wildman–Crippen MR) is 168 cm³/mol. The third-order valence-corrected chi connectivity index (χ3v) is 9.39. The van der Waals surface area contributed by atoms with E-state index >= 15 is 0 Å². The predicted octanol–water partition coefficient (Wildman–Crippen LogP) is 3.27. The minimum Gasteiger partial charge on any atom is -0.460 e. The van der Waals surface area contributed by atoms with Crippen LogP contribution < -0.4 is 10.2 Å². The first-order chi connectivity index (χ1) is 21.8. The molecule has 2 saturated heterocycles. The van der Waals surface area contributed by atoms with Gasteiger partial charge in [-0.2, -0.15) is 0 Å². The maximum Gasteiger partial charge on any atom is 0.313 e. The van der Waals surface area contributed by atoms with Crippen molar-refractivity contribution in [1.82, 2.24) is 10.2 Å². The summed E-state index contributed by atoms with van der Waals surface area (Å²) in [6.07, 6.45) is 9.45. The quantitative estimate of drug-likeness (QED) is 0.278. The van der Waals surface area contributed by atoms with Crippen LogP contribution in [-0.4, -0.2) is 83.8 Å². The van der Waals surface area contributed by atoms with Gasteiger partial charge in [-0.15, -0.1) is 0 Å². The van der Waals surface area contributed by atoms with Crippen LogP contribution in [0.1, 0.15) is 45.4 Å². The number of allylic oxidation sites excluding steroid dienone is 1. The zero-order valence-electron chi connectivity index (χ0n) is 25.6. The van der Waals surface area contributed by atoms with Gasteiger partial charge in [0, 0.05) is 31.8 Å². The number of nitrogens with zero attached hydrogens (tertiary/aromatic N) is 2. The third-order valence-electron chi connectivity index (χ3n) is 9.39. The fraction of sp³-hybridized carbons (Fsp3) is 0.486. The number of amides is 3. The zero-order chi connectivity index (χ0) is 31.6. The van der Waals surface area contributed by atoms with Gasteiger partial charge in [0.05, 0.1) is 18.6 Å². The first kappa shape index (κ1) is 31.0. The van der Waals surface area contributed by atoms with E-state index in [1.165, 1.54) is 0 Å². The molecule has 4 aliphatic heterocycles. The van der Waals surface area contributed by atoms with E-state index in [0.29, 0.717) is 31.5 Å². The lowest BCUT2D eigenvalue weighted by Crippen LogP contribution is -2.55. The standard InChI is InChI=1S/C35H41N3O7/c1-23-22-36-28(40)14-7-6-13-27-29(34(43)44-23)30-32(41)38(18-8-2-3-9-20-39)31-33(42)37(19-10-17-35(30,31)45-27)26-16-15-24-11-4-5-12-25(24)21-26/h4-6,10-13,15-17,21,23,27,29-31,39H,2-3,7-9,14,18-20,22H2,1H3,(H,36,40)/b13-6-/t23-,27-,29+,30+,31-,35+/m0/s1. The summed E-state index contributed by atoms with van der Waals surface area (Å²) in [5.74, 6) is -3.20. The van der Waals surface area contributed by atoms with Gasteiger partial charge in [0.25, 0.3) is 5.91 Å². The Balaban J connectivity index is 1.39. The number of cyclic esters (lactones) is 1. The fourth-order valence-corrected chi connectivity index (χ4v) is 7.23. The topological polar surface area (TPSA) is 125 Å². The number of likely N-dealkylation sites (tertiary alicyclic amines) is 1. The van der Waals surface area contributed by atoms with Crippen molar-refractivity contribution >= 4 is 40.2 Å². The summed E-state index contributed by atoms with van der Waals surface area (Å²) in [5, 5.41) is 14.1. The van der Waals surface area contributed by atoms with E-state index in [4.69, 9.17) is 9.47 Å². The summed E-state index contributed by atoms with van der Waals surface area (Å²) in [5.41, 5.74) is -0.657. The molecule has 0 unspecified atom stereocenters. The first-order valence-corrected chi connectivity index (χ1v) is 16.0. The molecule has 4 heterocycles. The SMILES string of the molecule is C[C@H]1CNC(=O)CC/C=C\[C@@H]2O[C@@]34C=CCN(c5ccc6ccccc6c5)C(=O)[C@@H]3N(CCCCCCO)C(=O)[C@H]4[C@@H]2C(=O)O1. The number of aliphatic hydroxyl groups excluding tert-OH is 1. The number of esters is 1. The molecule has 2 aromatic rings. The van der Waals surface area contributed by atoms with Gasteiger partial charge in [0.15, 0.2) is 0 Å². The molecule has 6 atom stereocenters. The number of nitrogens with one attached hydrogen (secondary N) is 1. The number of unbranched alkanes of at least 4 members (excludes halogenated alkanes) is 3. The van der Waals surface area contributed by atoms with Gasteiger partial charge in [0.2, 0.25) is 11.8 Å². The van der Waals surface area contributed by atoms with Gasteiger partial charge >= 0.3 is 5.97 Å². The highest BCUT2D eigenvalue weighted by molar-refractivity contribution is 6.06. The van der Waals surface area contributed by atoms with E-state index in [1.54, 1.807) is 28.9 Å². The van der Waals surface area contributed by atoms with E-state index in [-0.39, 0.29) is 43.8 Å². The molecule has 0 radical (unpaired) electrons. The number of rotatable bonds is 7. The van der Waals surface area contributed by atoms with Crippen LogP contribution in [0.15, 0.2) is 66.8 Å². The van der Waals surface area contributed by atoms with Crippen molar-refractivity contribution in [2.45, 2.75) is 69.3 Å². The molecular formula is C35H41N3O7. The molecule has 10 nitrogen and oxygen atoms in total. The number of hydrogen-bond donors (Lipinski definition) is 2. The third kappa shape index (κ3) is 5.89. The molecule has 10 heteroatoms. The lowest BCUT2D eigenvalue weighted by Gasteiger charge is -2.35. The van der Waals surface area contributed by atoms with Crippen LogP contribution in [0.25, 0.3) is 10.8 Å². The Hall–Kier alpha value is -4.02. The van der Waals surface area contributed by atoms with Crippen molar-refractivity contribution < 1.29 is 33.8 Å². The van der Waals surface area contributed by atoms with Crippen LogP contribution in [0, 0.1) is 11.8 Å². The van der Waals surface area contributed by atoms with Crippen LogP contribution >= 0.6 is 0 Å². The summed E-state index contributed by atoms with van der Waals surface area (Å²) in [6, 6.07) is 12.8. The molecule has 238 valence electrons. The van der Waals surface area contributed by atoms with Crippen LogP contribution in [0.4, 0.5) is 5.69 Å². The maximum absolute atomic E-state index is 14.7. The number of fused-ring (bicyclic) bond motifs is 3. The molecule has 0 aromatic heterocycles. The molecular weight excluding hydrogens is 574 g/mol. The molecule has 2 aromatic carbocycles. The Bertz CT molecular complexity index is 1520. The molecule has 1 spiro atoms. The van der Waals surface area contributed by atoms with Crippen molar-refractivity contribution in [3.05, 3.63) is 66.8 Å². The van der Waals surface area contributed by atoms with E-state index in [9.17, 15) is 24.3 Å². The smallest absolute Gasteiger partial charge is 0.313 e. The maximum atomic E-state index is 14.7. The molecule has 45 heavy (non-hydrogen) atoms. The number of carbonyl (C=O) groups is 4. The number of ether oxygens (including phenoxy) is 2. The van der Waals surface area contributed by atoms with E-state index < -0.39 is 41.7 Å². The molecule has 0 bridgehead atoms. The normalized spacial score (nSPS) is 30.9. The molecule has 3 amide bonds. The highest BCUT2D eigenvalue weighted by atomic mass is 16.6. The van der Waals surface area contributed by atoms with Crippen LogP contribution in [0.5, 0.6) is 0 Å². The van der Waals surface area contributed by atoms with E-state index in [0.717, 1.165) is 23.6 Å². The second-order valence-electron chi connectivity index (χ2n) is 12.4. The minimum atomic E-state index is -1.37. The lowest BCUT2D eigenvalue weighted by molar-refractivity contribution is -0.158. The largest absolute Gasteiger partial charge is 0.460 e. The summed E-state index contributed by atoms with van der Waals surface area (Å²) in [6.45, 7) is 2.58. The van der Waals surface area contributed by atoms with Gasteiger partial charge in [-0.05, 0) is 49.1 Å². The molecule has 4 aliphatic rings. The lowest BCUT2D eigenvalue weighted by atomic mass is 9.78. The summed E-state index contributed by atoms with van der Waals surface area (Å²) in [4.78, 5) is 58.5. The average molecular weight is 616 g/mol. The average Bonchev–Trinajstić information content (AvgIpc) is 3.41. The van der Waals surface area contributed by atoms with Crippen molar-refractivity contribution in [2.24, 2.45) is 11.8 Å². The first-order valence-electron chi connectivity index (χ1n) is 16.0. The van der Waals surface area contributed by atoms with Gasteiger partial charge in [-0.3, -0.25) is 19.2 Å². The Morgan fingerprint density at radius 1 is 0.978 bits per heavy atom.